The third kappa shape index (κ3) is 4.13. The summed E-state index contributed by atoms with van der Waals surface area (Å²) in [6, 6.07) is 2.58. The molecule has 132 valence electrons. The molecule has 0 aliphatic carbocycles. The van der Waals surface area contributed by atoms with Crippen molar-refractivity contribution in [1.82, 2.24) is 14.8 Å². The molecule has 4 nitrogen and oxygen atoms in total. The molecule has 0 bridgehead atoms. The van der Waals surface area contributed by atoms with E-state index in [1.54, 1.807) is 6.92 Å². The van der Waals surface area contributed by atoms with Crippen molar-refractivity contribution >= 4 is 10.8 Å². The van der Waals surface area contributed by atoms with Crippen molar-refractivity contribution in [2.75, 3.05) is 5.75 Å². The van der Waals surface area contributed by atoms with Gasteiger partial charge >= 0.3 is 12.4 Å². The Labute approximate surface area is 135 Å². The van der Waals surface area contributed by atoms with Crippen molar-refractivity contribution in [3.05, 3.63) is 35.4 Å². The van der Waals surface area contributed by atoms with Crippen LogP contribution in [-0.2, 0) is 17.0 Å². The number of rotatable bonds is 3. The molecule has 0 aliphatic heterocycles. The van der Waals surface area contributed by atoms with E-state index < -0.39 is 34.7 Å². The summed E-state index contributed by atoms with van der Waals surface area (Å²) in [6.45, 7) is 3.02. The number of alkyl halides is 6. The lowest BCUT2D eigenvalue weighted by Gasteiger charge is -2.13. The SMILES string of the molecule is Cc1cc(C)c(S(=O)CC(F)(F)F)cc1-n1cnc(C(F)(F)F)n1. The van der Waals surface area contributed by atoms with E-state index in [4.69, 9.17) is 0 Å². The lowest BCUT2D eigenvalue weighted by molar-refractivity contribution is -0.144. The van der Waals surface area contributed by atoms with Gasteiger partial charge in [0.1, 0.15) is 12.1 Å². The van der Waals surface area contributed by atoms with Gasteiger partial charge in [-0.05, 0) is 31.0 Å². The predicted molar refractivity (Wildman–Crippen MR) is 73.2 cm³/mol. The molecule has 2 rings (SSSR count). The monoisotopic (exact) mass is 371 g/mol. The summed E-state index contributed by atoms with van der Waals surface area (Å²) < 4.78 is 87.6. The number of hydrogen-bond donors (Lipinski definition) is 0. The average molecular weight is 371 g/mol. The normalized spacial score (nSPS) is 14.0. The van der Waals surface area contributed by atoms with Gasteiger partial charge in [0.25, 0.3) is 5.82 Å². The molecule has 0 radical (unpaired) electrons. The first-order valence-corrected chi connectivity index (χ1v) is 7.76. The molecule has 2 aromatic rings. The maximum atomic E-state index is 12.6. The minimum atomic E-state index is -4.74. The molecule has 1 atom stereocenters. The molecule has 0 spiro atoms. The highest BCUT2D eigenvalue weighted by atomic mass is 32.2. The van der Waals surface area contributed by atoms with Crippen molar-refractivity contribution in [3.63, 3.8) is 0 Å². The van der Waals surface area contributed by atoms with Crippen LogP contribution in [0.2, 0.25) is 0 Å². The fourth-order valence-electron chi connectivity index (χ4n) is 2.05. The molecule has 0 saturated heterocycles. The van der Waals surface area contributed by atoms with E-state index in [0.29, 0.717) is 11.1 Å². The molecule has 24 heavy (non-hydrogen) atoms. The summed E-state index contributed by atoms with van der Waals surface area (Å²) in [5.41, 5.74) is 0.878. The Morgan fingerprint density at radius 1 is 1.08 bits per heavy atom. The lowest BCUT2D eigenvalue weighted by atomic mass is 10.1. The zero-order chi connectivity index (χ0) is 18.3. The van der Waals surface area contributed by atoms with Crippen molar-refractivity contribution in [3.8, 4) is 5.69 Å². The fourth-order valence-corrected chi connectivity index (χ4v) is 3.16. The van der Waals surface area contributed by atoms with Crippen LogP contribution in [0, 0.1) is 13.8 Å². The molecule has 1 heterocycles. The molecule has 1 unspecified atom stereocenters. The lowest BCUT2D eigenvalue weighted by Crippen LogP contribution is -2.19. The Hall–Kier alpha value is -1.91. The number of aryl methyl sites for hydroxylation is 2. The molecule has 1 aromatic carbocycles. The quantitative estimate of drug-likeness (QED) is 0.775. The summed E-state index contributed by atoms with van der Waals surface area (Å²) in [6.07, 6.45) is -8.57. The third-order valence-electron chi connectivity index (χ3n) is 3.03. The van der Waals surface area contributed by atoms with Crippen LogP contribution in [0.5, 0.6) is 0 Å². The molecule has 0 amide bonds. The van der Waals surface area contributed by atoms with E-state index in [-0.39, 0.29) is 10.6 Å². The minimum Gasteiger partial charge on any atom is -0.254 e. The Balaban J connectivity index is 2.47. The van der Waals surface area contributed by atoms with Crippen LogP contribution in [-0.4, -0.2) is 30.9 Å². The highest BCUT2D eigenvalue weighted by molar-refractivity contribution is 7.85. The van der Waals surface area contributed by atoms with Crippen LogP contribution >= 0.6 is 0 Å². The van der Waals surface area contributed by atoms with Crippen LogP contribution in [0.3, 0.4) is 0 Å². The van der Waals surface area contributed by atoms with Crippen LogP contribution < -0.4 is 0 Å². The van der Waals surface area contributed by atoms with Crippen LogP contribution in [0.25, 0.3) is 5.69 Å². The summed E-state index contributed by atoms with van der Waals surface area (Å²) in [7, 11) is -2.38. The Morgan fingerprint density at radius 3 is 2.21 bits per heavy atom. The Kier molecular flexibility index (Phi) is 4.75. The van der Waals surface area contributed by atoms with Gasteiger partial charge in [0.05, 0.1) is 16.5 Å². The second-order valence-electron chi connectivity index (χ2n) is 5.02. The van der Waals surface area contributed by atoms with Crippen molar-refractivity contribution in [1.29, 1.82) is 0 Å². The van der Waals surface area contributed by atoms with Gasteiger partial charge in [0.15, 0.2) is 0 Å². The number of aromatic nitrogens is 3. The number of halogens is 6. The number of hydrogen-bond acceptors (Lipinski definition) is 3. The molecule has 11 heteroatoms. The van der Waals surface area contributed by atoms with Crippen molar-refractivity contribution < 1.29 is 30.6 Å². The highest BCUT2D eigenvalue weighted by Crippen LogP contribution is 2.28. The van der Waals surface area contributed by atoms with Gasteiger partial charge in [0.2, 0.25) is 0 Å². The molecule has 0 N–H and O–H groups in total. The second kappa shape index (κ2) is 6.19. The topological polar surface area (TPSA) is 47.8 Å². The van der Waals surface area contributed by atoms with Gasteiger partial charge in [-0.15, -0.1) is 5.10 Å². The van der Waals surface area contributed by atoms with Gasteiger partial charge < -0.3 is 0 Å². The fraction of sp³-hybridized carbons (Fsp3) is 0.385. The maximum absolute atomic E-state index is 12.6. The van der Waals surface area contributed by atoms with Gasteiger partial charge in [-0.25, -0.2) is 9.67 Å². The average Bonchev–Trinajstić information content (AvgIpc) is 2.85. The number of nitrogens with zero attached hydrogens (tertiary/aromatic N) is 3. The van der Waals surface area contributed by atoms with E-state index in [1.165, 1.54) is 13.0 Å². The molecule has 0 saturated carbocycles. The first-order valence-electron chi connectivity index (χ1n) is 6.44. The Bertz CT molecular complexity index is 781. The Morgan fingerprint density at radius 2 is 1.71 bits per heavy atom. The standard InChI is InChI=1S/C13H11F6N3OS/c1-7-3-8(2)10(24(23)5-12(14,15)16)4-9(7)22-6-20-11(21-22)13(17,18)19/h3-4,6H,5H2,1-2H3. The van der Waals surface area contributed by atoms with E-state index >= 15 is 0 Å². The minimum absolute atomic E-state index is 0.0779. The van der Waals surface area contributed by atoms with Gasteiger partial charge in [-0.2, -0.15) is 26.3 Å². The zero-order valence-electron chi connectivity index (χ0n) is 12.4. The van der Waals surface area contributed by atoms with E-state index in [2.05, 4.69) is 10.1 Å². The van der Waals surface area contributed by atoms with Crippen LogP contribution in [0.4, 0.5) is 26.3 Å². The summed E-state index contributed by atoms with van der Waals surface area (Å²) in [5.74, 6) is -2.91. The van der Waals surface area contributed by atoms with Crippen LogP contribution in [0.15, 0.2) is 23.4 Å². The smallest absolute Gasteiger partial charge is 0.254 e. The zero-order valence-corrected chi connectivity index (χ0v) is 13.2. The predicted octanol–water partition coefficient (Wildman–Crippen LogP) is 3.57. The van der Waals surface area contributed by atoms with Crippen molar-refractivity contribution in [2.24, 2.45) is 0 Å². The largest absolute Gasteiger partial charge is 0.453 e. The van der Waals surface area contributed by atoms with E-state index in [0.717, 1.165) is 17.1 Å². The van der Waals surface area contributed by atoms with Gasteiger partial charge in [0, 0.05) is 4.90 Å². The third-order valence-corrected chi connectivity index (χ3v) is 4.55. The van der Waals surface area contributed by atoms with Gasteiger partial charge in [-0.1, -0.05) is 6.07 Å². The molecule has 0 fully saturated rings. The molecule has 0 aliphatic rings. The second-order valence-corrected chi connectivity index (χ2v) is 6.44. The van der Waals surface area contributed by atoms with E-state index in [9.17, 15) is 30.6 Å². The first-order chi connectivity index (χ1) is 10.9. The van der Waals surface area contributed by atoms with Crippen LogP contribution in [0.1, 0.15) is 17.0 Å². The summed E-state index contributed by atoms with van der Waals surface area (Å²) in [5, 5.41) is 3.28. The maximum Gasteiger partial charge on any atom is 0.453 e. The molecular formula is C13H11F6N3OS. The van der Waals surface area contributed by atoms with E-state index in [1.807, 2.05) is 0 Å². The van der Waals surface area contributed by atoms with Crippen molar-refractivity contribution in [2.45, 2.75) is 31.1 Å². The highest BCUT2D eigenvalue weighted by Gasteiger charge is 2.36. The first kappa shape index (κ1) is 18.4. The number of benzene rings is 1. The summed E-state index contributed by atoms with van der Waals surface area (Å²) >= 11 is 0. The summed E-state index contributed by atoms with van der Waals surface area (Å²) in [4.78, 5) is 3.02. The molecule has 1 aromatic heterocycles. The molecular weight excluding hydrogens is 360 g/mol. The van der Waals surface area contributed by atoms with Gasteiger partial charge in [-0.3, -0.25) is 4.21 Å².